The summed E-state index contributed by atoms with van der Waals surface area (Å²) in [6.45, 7) is 60.4. The van der Waals surface area contributed by atoms with E-state index in [2.05, 4.69) is 342 Å². The number of nitrogens with zero attached hydrogens (tertiary/aromatic N) is 3. The molecule has 2 aliphatic heterocycles. The van der Waals surface area contributed by atoms with E-state index in [1.54, 1.807) is 4.57 Å². The van der Waals surface area contributed by atoms with Gasteiger partial charge in [-0.25, -0.2) is 0 Å². The van der Waals surface area contributed by atoms with Gasteiger partial charge in [-0.05, 0) is 215 Å². The Balaban J connectivity index is 1.24. The molecule has 0 bridgehead atoms. The van der Waals surface area contributed by atoms with Crippen LogP contribution in [0.1, 0.15) is 255 Å². The summed E-state index contributed by atoms with van der Waals surface area (Å²) < 4.78 is 126. The third kappa shape index (κ3) is 13.9. The highest BCUT2D eigenvalue weighted by Gasteiger charge is 2.47. The van der Waals surface area contributed by atoms with E-state index >= 15 is 0 Å². The highest BCUT2D eigenvalue weighted by molar-refractivity contribution is 7.00. The number of anilines is 6. The summed E-state index contributed by atoms with van der Waals surface area (Å²) in [6.07, 6.45) is 0. The fraction of sp³-hybridized carbons (Fsp3) is 0.333. The summed E-state index contributed by atoms with van der Waals surface area (Å²) in [4.78, 5) is 4.93. The van der Waals surface area contributed by atoms with E-state index in [1.807, 2.05) is 12.1 Å². The predicted molar refractivity (Wildman–Crippen MR) is 490 cm³/mol. The molecule has 0 aliphatic carbocycles. The van der Waals surface area contributed by atoms with E-state index in [1.165, 1.54) is 5.56 Å². The number of aromatic nitrogens is 1. The summed E-state index contributed by atoms with van der Waals surface area (Å²) in [7, 11) is 0. The van der Waals surface area contributed by atoms with Crippen molar-refractivity contribution >= 4 is 79.0 Å². The van der Waals surface area contributed by atoms with Gasteiger partial charge in [0.1, 0.15) is 0 Å². The Hall–Kier alpha value is -9.90. The first-order chi connectivity index (χ1) is 57.6. The standard InChI is InChI=1S/C108H120BN3/c1-100(2,3)71-46-41-68(42-47-71)82-59-75(104(13,14)15)61-85(79-53-50-74(103(10,11)12)63-88(79)108(25,26)27)98(82)111-93-57-70(67-35-29-28-30-36-67)45-55-89(93)109-90-56-52-78(110-91-39-33-31-37-80(91)81-38-32-34-40-92(81)110)66-94(90)112(96-65-77(106(19,20)21)64-95(111)97(96)109)99-83(69-43-48-72(49-44-69)101(4,5)6)60-76(105(16,17)18)62-86(99)84-58-73(102(7,8)9)51-54-87(84)107(22,23)24/h28-66H,1-27H3/i28D,29D,30D,31D,32D,33D,34D,35D,36D,37D,38D,39D,40D. The maximum absolute atomic E-state index is 10.0. The van der Waals surface area contributed by atoms with Crippen LogP contribution in [0, 0.1) is 0 Å². The molecular formula is C108H120BN3. The monoisotopic (exact) mass is 1480 g/mol. The average molecular weight is 1480 g/mol. The minimum absolute atomic E-state index is 0.0136. The van der Waals surface area contributed by atoms with Crippen molar-refractivity contribution in [2.45, 2.75) is 236 Å². The van der Waals surface area contributed by atoms with Gasteiger partial charge in [0.05, 0.1) is 40.2 Å². The lowest BCUT2D eigenvalue weighted by Crippen LogP contribution is -2.61. The van der Waals surface area contributed by atoms with Gasteiger partial charge in [-0.2, -0.15) is 0 Å². The Bertz CT molecular complexity index is 6580. The Morgan fingerprint density at radius 1 is 0.250 bits per heavy atom. The molecule has 112 heavy (non-hydrogen) atoms. The summed E-state index contributed by atoms with van der Waals surface area (Å²) in [5, 5.41) is -0.0791. The second-order valence-electron chi connectivity index (χ2n) is 41.1. The van der Waals surface area contributed by atoms with Crippen molar-refractivity contribution in [3.63, 3.8) is 0 Å². The van der Waals surface area contributed by atoms with Crippen molar-refractivity contribution in [3.05, 3.63) is 286 Å². The molecule has 2 aliphatic rings. The smallest absolute Gasteiger partial charge is 0.252 e. The minimum Gasteiger partial charge on any atom is -0.310 e. The van der Waals surface area contributed by atoms with E-state index in [0.29, 0.717) is 22.6 Å². The molecule has 0 N–H and O–H groups in total. The molecule has 0 unspecified atom stereocenters. The molecule has 12 aromatic carbocycles. The predicted octanol–water partition coefficient (Wildman–Crippen LogP) is 28.9. The Morgan fingerprint density at radius 3 is 1.07 bits per heavy atom. The number of hydrogen-bond donors (Lipinski definition) is 0. The Kier molecular flexibility index (Phi) is 15.0. The van der Waals surface area contributed by atoms with E-state index < -0.39 is 100 Å². The number of rotatable bonds is 8. The highest BCUT2D eigenvalue weighted by Crippen LogP contribution is 2.58. The molecule has 0 atom stereocenters. The molecule has 15 rings (SSSR count). The zero-order valence-electron chi connectivity index (χ0n) is 84.4. The summed E-state index contributed by atoms with van der Waals surface area (Å²) >= 11 is 0. The molecule has 3 heterocycles. The van der Waals surface area contributed by atoms with Gasteiger partial charge in [0.2, 0.25) is 0 Å². The van der Waals surface area contributed by atoms with Crippen LogP contribution in [0.5, 0.6) is 0 Å². The highest BCUT2D eigenvalue weighted by atomic mass is 15.2. The number of fused-ring (bicyclic) bond motifs is 7. The van der Waals surface area contributed by atoms with Gasteiger partial charge < -0.3 is 14.4 Å². The van der Waals surface area contributed by atoms with Crippen LogP contribution >= 0.6 is 0 Å². The normalized spacial score (nSPS) is 15.4. The van der Waals surface area contributed by atoms with Crippen LogP contribution in [0.15, 0.2) is 236 Å². The van der Waals surface area contributed by atoms with Gasteiger partial charge in [0, 0.05) is 61.5 Å². The molecule has 0 amide bonds. The second-order valence-corrected chi connectivity index (χ2v) is 41.1. The maximum atomic E-state index is 10.0. The quantitative estimate of drug-likeness (QED) is 0.141. The molecule has 13 aromatic rings. The number of benzene rings is 12. The van der Waals surface area contributed by atoms with E-state index in [-0.39, 0.29) is 61.1 Å². The van der Waals surface area contributed by atoms with Gasteiger partial charge in [-0.15, -0.1) is 0 Å². The average Bonchev–Trinajstić information content (AvgIpc) is 1.45. The Morgan fingerprint density at radius 2 is 0.616 bits per heavy atom. The molecule has 570 valence electrons. The molecule has 0 spiro atoms. The fourth-order valence-corrected chi connectivity index (χ4v) is 16.8. The molecule has 0 fully saturated rings. The molecule has 3 nitrogen and oxygen atoms in total. The molecule has 4 heteroatoms. The number of hydrogen-bond acceptors (Lipinski definition) is 2. The zero-order chi connectivity index (χ0) is 91.8. The van der Waals surface area contributed by atoms with Crippen LogP contribution in [0.4, 0.5) is 34.1 Å². The summed E-state index contributed by atoms with van der Waals surface area (Å²) in [6, 6.07) is 52.7. The van der Waals surface area contributed by atoms with Crippen molar-refractivity contribution in [2.24, 2.45) is 0 Å². The van der Waals surface area contributed by atoms with Gasteiger partial charge in [0.25, 0.3) is 6.71 Å². The van der Waals surface area contributed by atoms with Gasteiger partial charge >= 0.3 is 0 Å². The SMILES string of the molecule is [2H]c1c([2H])c([2H])c(-c2ccc3c(c2)N(c2c(-c4ccc(C(C)(C)C)cc4)cc(C(C)(C)C)cc2-c2ccc(C(C)(C)C)cc2C(C)(C)C)c2cc(C(C)(C)C)cc4c2B3c2ccc(-n3c5c([2H])c([2H])c([2H])c([2H])c5c5c([2H])c([2H])c([2H])c([2H])c53)cc2N4c2c(-c3ccc(C(C)(C)C)cc3)cc(C(C)(C)C)cc2-c2cc(C(C)(C)C)ccc2C(C)(C)C)c([2H])c1[2H]. The topological polar surface area (TPSA) is 11.4 Å². The molecule has 0 saturated carbocycles. The van der Waals surface area contributed by atoms with Crippen molar-refractivity contribution < 1.29 is 17.8 Å². The molecule has 0 saturated heterocycles. The van der Waals surface area contributed by atoms with Crippen molar-refractivity contribution in [1.82, 2.24) is 4.57 Å². The van der Waals surface area contributed by atoms with Gasteiger partial charge in [-0.3, -0.25) is 0 Å². The molecular weight excluding hydrogens is 1350 g/mol. The lowest BCUT2D eigenvalue weighted by molar-refractivity contribution is 0.569. The second kappa shape index (κ2) is 26.9. The minimum atomic E-state index is -0.716. The summed E-state index contributed by atoms with van der Waals surface area (Å²) in [5.41, 5.74) is 22.4. The van der Waals surface area contributed by atoms with Crippen LogP contribution in [-0.4, -0.2) is 11.3 Å². The van der Waals surface area contributed by atoms with Crippen LogP contribution in [0.3, 0.4) is 0 Å². The lowest BCUT2D eigenvalue weighted by Gasteiger charge is -2.47. The van der Waals surface area contributed by atoms with Crippen LogP contribution < -0.4 is 26.2 Å². The lowest BCUT2D eigenvalue weighted by atomic mass is 9.33. The van der Waals surface area contributed by atoms with Crippen molar-refractivity contribution in [1.29, 1.82) is 0 Å². The first-order valence-corrected chi connectivity index (χ1v) is 40.2. The third-order valence-electron chi connectivity index (χ3n) is 23.5. The summed E-state index contributed by atoms with van der Waals surface area (Å²) in [5.74, 6) is 0. The fourth-order valence-electron chi connectivity index (χ4n) is 16.8. The molecule has 0 radical (unpaired) electrons. The van der Waals surface area contributed by atoms with Gasteiger partial charge in [0.15, 0.2) is 0 Å². The van der Waals surface area contributed by atoms with E-state index in [0.717, 1.165) is 128 Å². The first kappa shape index (κ1) is 62.6. The van der Waals surface area contributed by atoms with Crippen molar-refractivity contribution in [3.8, 4) is 61.3 Å². The number of para-hydroxylation sites is 2. The van der Waals surface area contributed by atoms with Gasteiger partial charge in [-0.1, -0.05) is 357 Å². The van der Waals surface area contributed by atoms with Crippen LogP contribution in [0.25, 0.3) is 83.1 Å². The largest absolute Gasteiger partial charge is 0.310 e. The van der Waals surface area contributed by atoms with Crippen LogP contribution in [-0.2, 0) is 48.7 Å². The van der Waals surface area contributed by atoms with E-state index in [9.17, 15) is 16.4 Å². The van der Waals surface area contributed by atoms with Crippen LogP contribution in [0.2, 0.25) is 0 Å². The third-order valence-corrected chi connectivity index (χ3v) is 23.5. The van der Waals surface area contributed by atoms with Crippen molar-refractivity contribution in [2.75, 3.05) is 9.80 Å². The maximum Gasteiger partial charge on any atom is 0.252 e. The first-order valence-electron chi connectivity index (χ1n) is 46.7. The van der Waals surface area contributed by atoms with E-state index in [4.69, 9.17) is 1.37 Å². The zero-order valence-corrected chi connectivity index (χ0v) is 71.4. The Labute approximate surface area is 691 Å². The molecule has 1 aromatic heterocycles.